The molecule has 0 aliphatic carbocycles. The summed E-state index contributed by atoms with van der Waals surface area (Å²) in [6, 6.07) is 20.0. The van der Waals surface area contributed by atoms with Gasteiger partial charge in [-0.25, -0.2) is 9.78 Å². The Morgan fingerprint density at radius 2 is 1.73 bits per heavy atom. The predicted octanol–water partition coefficient (Wildman–Crippen LogP) is 6.02. The summed E-state index contributed by atoms with van der Waals surface area (Å²) in [6.45, 7) is 5.50. The number of benzene rings is 3. The van der Waals surface area contributed by atoms with E-state index in [1.165, 1.54) is 20.3 Å². The third kappa shape index (κ3) is 6.29. The van der Waals surface area contributed by atoms with Crippen molar-refractivity contribution in [3.63, 3.8) is 0 Å². The summed E-state index contributed by atoms with van der Waals surface area (Å²) < 4.78 is 22.0. The number of carbonyl (C=O) groups excluding carboxylic acids is 3. The zero-order valence-corrected chi connectivity index (χ0v) is 25.6. The van der Waals surface area contributed by atoms with Crippen LogP contribution in [0, 0.1) is 6.92 Å². The number of esters is 1. The molecule has 0 spiro atoms. The average Bonchev–Trinajstić information content (AvgIpc) is 3.58. The van der Waals surface area contributed by atoms with Gasteiger partial charge in [-0.2, -0.15) is 0 Å². The van der Waals surface area contributed by atoms with Crippen LogP contribution in [0.5, 0.6) is 17.2 Å². The fourth-order valence-corrected chi connectivity index (χ4v) is 5.84. The highest BCUT2D eigenvalue weighted by Gasteiger charge is 2.49. The topological polar surface area (TPSA) is 124 Å². The molecule has 1 atom stereocenters. The van der Waals surface area contributed by atoms with Crippen molar-refractivity contribution in [2.45, 2.75) is 19.6 Å². The molecule has 11 heteroatoms. The van der Waals surface area contributed by atoms with Crippen LogP contribution >= 0.6 is 11.3 Å². The zero-order chi connectivity index (χ0) is 32.1. The fourth-order valence-electron chi connectivity index (χ4n) is 4.85. The van der Waals surface area contributed by atoms with Crippen LogP contribution in [0.2, 0.25) is 0 Å². The number of aliphatic hydroxyl groups is 1. The molecule has 3 aromatic carbocycles. The maximum atomic E-state index is 13.7. The second-order valence-corrected chi connectivity index (χ2v) is 10.9. The van der Waals surface area contributed by atoms with Crippen LogP contribution in [0.25, 0.3) is 5.76 Å². The van der Waals surface area contributed by atoms with Gasteiger partial charge in [0.05, 0.1) is 25.5 Å². The number of aromatic nitrogens is 1. The molecule has 0 bridgehead atoms. The number of methoxy groups -OCH3 is 2. The lowest BCUT2D eigenvalue weighted by Crippen LogP contribution is -2.29. The molecule has 1 saturated heterocycles. The van der Waals surface area contributed by atoms with Crippen molar-refractivity contribution < 1.29 is 38.4 Å². The molecule has 0 radical (unpaired) electrons. The Balaban J connectivity index is 1.58. The van der Waals surface area contributed by atoms with Crippen molar-refractivity contribution in [3.05, 3.63) is 118 Å². The number of carbonyl (C=O) groups is 3. The number of anilines is 1. The number of amides is 1. The van der Waals surface area contributed by atoms with E-state index >= 15 is 0 Å². The molecule has 1 aliphatic heterocycles. The van der Waals surface area contributed by atoms with Gasteiger partial charge in [0.15, 0.2) is 5.13 Å². The molecule has 5 rings (SSSR count). The molecule has 1 aromatic heterocycles. The highest BCUT2D eigenvalue weighted by atomic mass is 32.1. The summed E-state index contributed by atoms with van der Waals surface area (Å²) in [5, 5.41) is 11.7. The van der Waals surface area contributed by atoms with Gasteiger partial charge in [0.1, 0.15) is 47.1 Å². The van der Waals surface area contributed by atoms with Crippen molar-refractivity contribution in [2.75, 3.05) is 25.7 Å². The molecule has 1 amide bonds. The largest absolute Gasteiger partial charge is 0.507 e. The minimum atomic E-state index is -1.15. The van der Waals surface area contributed by atoms with Gasteiger partial charge in [0.25, 0.3) is 5.78 Å². The Morgan fingerprint density at radius 3 is 2.40 bits per heavy atom. The van der Waals surface area contributed by atoms with Crippen LogP contribution in [0.15, 0.2) is 91.0 Å². The first-order valence-electron chi connectivity index (χ1n) is 13.8. The number of rotatable bonds is 11. The lowest BCUT2D eigenvalue weighted by atomic mass is 9.94. The lowest BCUT2D eigenvalue weighted by Gasteiger charge is -2.24. The van der Waals surface area contributed by atoms with E-state index in [-0.39, 0.29) is 22.2 Å². The molecular formula is C34H30N2O8S. The first-order chi connectivity index (χ1) is 21.8. The number of ether oxygens (including phenoxy) is 4. The summed E-state index contributed by atoms with van der Waals surface area (Å²) in [4.78, 5) is 45.8. The SMILES string of the molecule is C=CCOC(=O)c1sc(N2C(=O)C(=O)/C(=C(/O)c3ccc(OCc4ccccc4)cc3)C2c2ccc(OC)cc2OC)nc1C. The van der Waals surface area contributed by atoms with Crippen LogP contribution in [0.3, 0.4) is 0 Å². The Morgan fingerprint density at radius 1 is 1.02 bits per heavy atom. The molecule has 1 N–H and O–H groups in total. The van der Waals surface area contributed by atoms with Crippen molar-refractivity contribution in [2.24, 2.45) is 0 Å². The second-order valence-electron chi connectivity index (χ2n) is 9.87. The van der Waals surface area contributed by atoms with E-state index in [1.807, 2.05) is 30.3 Å². The van der Waals surface area contributed by atoms with E-state index in [0.29, 0.717) is 40.7 Å². The Hall–Kier alpha value is -5.42. The molecule has 1 fully saturated rings. The Kier molecular flexibility index (Phi) is 9.29. The summed E-state index contributed by atoms with van der Waals surface area (Å²) in [6.07, 6.45) is 1.44. The van der Waals surface area contributed by atoms with E-state index in [0.717, 1.165) is 21.8 Å². The molecular weight excluding hydrogens is 596 g/mol. The van der Waals surface area contributed by atoms with Gasteiger partial charge in [-0.05, 0) is 48.9 Å². The van der Waals surface area contributed by atoms with Gasteiger partial charge < -0.3 is 24.1 Å². The van der Waals surface area contributed by atoms with Crippen molar-refractivity contribution in [1.29, 1.82) is 0 Å². The van der Waals surface area contributed by atoms with Gasteiger partial charge in [0, 0.05) is 17.2 Å². The van der Waals surface area contributed by atoms with Crippen molar-refractivity contribution in [1.82, 2.24) is 4.98 Å². The number of thiazole rings is 1. The summed E-state index contributed by atoms with van der Waals surface area (Å²) in [5.41, 5.74) is 1.82. The number of hydrogen-bond donors (Lipinski definition) is 1. The highest BCUT2D eigenvalue weighted by molar-refractivity contribution is 7.17. The average molecular weight is 627 g/mol. The van der Waals surface area contributed by atoms with Gasteiger partial charge in [-0.3, -0.25) is 14.5 Å². The quantitative estimate of drug-likeness (QED) is 0.0700. The zero-order valence-electron chi connectivity index (χ0n) is 24.8. The molecule has 2 heterocycles. The van der Waals surface area contributed by atoms with Gasteiger partial charge >= 0.3 is 11.9 Å². The maximum absolute atomic E-state index is 13.7. The third-order valence-electron chi connectivity index (χ3n) is 7.06. The van der Waals surface area contributed by atoms with E-state index in [1.54, 1.807) is 49.4 Å². The highest BCUT2D eigenvalue weighted by Crippen LogP contribution is 2.47. The minimum absolute atomic E-state index is 0.00481. The Labute approximate surface area is 263 Å². The summed E-state index contributed by atoms with van der Waals surface area (Å²) in [5.74, 6) is -1.55. The number of aliphatic hydroxyl groups excluding tert-OH is 1. The van der Waals surface area contributed by atoms with Crippen LogP contribution in [0.1, 0.15) is 38.1 Å². The van der Waals surface area contributed by atoms with Gasteiger partial charge in [0.2, 0.25) is 0 Å². The molecule has 0 saturated carbocycles. The van der Waals surface area contributed by atoms with Crippen molar-refractivity contribution in [3.8, 4) is 17.2 Å². The first-order valence-corrected chi connectivity index (χ1v) is 14.6. The number of hydrogen-bond acceptors (Lipinski definition) is 10. The number of ketones is 1. The van der Waals surface area contributed by atoms with Crippen LogP contribution in [-0.4, -0.2) is 48.6 Å². The van der Waals surface area contributed by atoms with Gasteiger partial charge in [-0.1, -0.05) is 54.3 Å². The standard InChI is InChI=1S/C34H30N2O8S/c1-5-17-43-33(40)31-20(2)35-34(45-31)36-28(25-16-15-24(41-3)18-26(25)42-4)27(30(38)32(36)39)29(37)22-11-13-23(14-12-22)44-19-21-9-7-6-8-10-21/h5-16,18,28,37H,1,17,19H2,2-4H3/b29-27+. The molecule has 230 valence electrons. The van der Waals surface area contributed by atoms with E-state index in [4.69, 9.17) is 18.9 Å². The monoisotopic (exact) mass is 626 g/mol. The maximum Gasteiger partial charge on any atom is 0.350 e. The number of Topliss-reactive ketones (excluding diaryl/α,β-unsaturated/α-hetero) is 1. The fraction of sp³-hybridized carbons (Fsp3) is 0.176. The second kappa shape index (κ2) is 13.5. The van der Waals surface area contributed by atoms with Crippen LogP contribution in [-0.2, 0) is 20.9 Å². The number of nitrogens with zero attached hydrogens (tertiary/aromatic N) is 2. The molecule has 45 heavy (non-hydrogen) atoms. The van der Waals surface area contributed by atoms with Gasteiger partial charge in [-0.15, -0.1) is 0 Å². The minimum Gasteiger partial charge on any atom is -0.507 e. The molecule has 1 unspecified atom stereocenters. The van der Waals surface area contributed by atoms with E-state index in [2.05, 4.69) is 11.6 Å². The summed E-state index contributed by atoms with van der Waals surface area (Å²) in [7, 11) is 2.94. The Bertz CT molecular complexity index is 1780. The number of aryl methyl sites for hydroxylation is 1. The molecule has 4 aromatic rings. The van der Waals surface area contributed by atoms with Crippen LogP contribution in [0.4, 0.5) is 5.13 Å². The lowest BCUT2D eigenvalue weighted by molar-refractivity contribution is -0.132. The first kappa shape index (κ1) is 31.0. The van der Waals surface area contributed by atoms with E-state index in [9.17, 15) is 19.5 Å². The predicted molar refractivity (Wildman–Crippen MR) is 169 cm³/mol. The smallest absolute Gasteiger partial charge is 0.350 e. The van der Waals surface area contributed by atoms with Crippen LogP contribution < -0.4 is 19.1 Å². The molecule has 10 nitrogen and oxygen atoms in total. The van der Waals surface area contributed by atoms with E-state index < -0.39 is 29.5 Å². The van der Waals surface area contributed by atoms with Crippen molar-refractivity contribution >= 4 is 39.9 Å². The molecule has 1 aliphatic rings. The summed E-state index contributed by atoms with van der Waals surface area (Å²) >= 11 is 0.902. The third-order valence-corrected chi connectivity index (χ3v) is 8.20. The normalized spacial score (nSPS) is 15.5.